The van der Waals surface area contributed by atoms with Gasteiger partial charge in [-0.15, -0.1) is 0 Å². The number of halogens is 3. The van der Waals surface area contributed by atoms with Crippen LogP contribution in [0.1, 0.15) is 69.9 Å². The van der Waals surface area contributed by atoms with Gasteiger partial charge in [-0.3, -0.25) is 0 Å². The van der Waals surface area contributed by atoms with Crippen LogP contribution in [0.5, 0.6) is 0 Å². The Morgan fingerprint density at radius 3 is 2.47 bits per heavy atom. The SMILES string of the molecule is CCCCC(CC)COC(=O)/C(C#N)=C1/C=C(c2ccc(C(F)(F)F)cc2)CCC1. The van der Waals surface area contributed by atoms with E-state index in [2.05, 4.69) is 13.8 Å². The van der Waals surface area contributed by atoms with E-state index < -0.39 is 17.7 Å². The molecule has 0 saturated heterocycles. The lowest BCUT2D eigenvalue weighted by Gasteiger charge is -2.18. The molecule has 3 nitrogen and oxygen atoms in total. The van der Waals surface area contributed by atoms with Gasteiger partial charge in [-0.1, -0.05) is 51.3 Å². The molecular weight excluding hydrogens is 391 g/mol. The number of hydrogen-bond acceptors (Lipinski definition) is 3. The minimum Gasteiger partial charge on any atom is -0.461 e. The lowest BCUT2D eigenvalue weighted by molar-refractivity contribution is -0.140. The van der Waals surface area contributed by atoms with Crippen molar-refractivity contribution in [2.75, 3.05) is 6.61 Å². The molecule has 1 aliphatic rings. The Bertz CT molecular complexity index is 829. The Morgan fingerprint density at radius 2 is 1.90 bits per heavy atom. The lowest BCUT2D eigenvalue weighted by atomic mass is 9.88. The van der Waals surface area contributed by atoms with Crippen molar-refractivity contribution >= 4 is 11.5 Å². The van der Waals surface area contributed by atoms with Gasteiger partial charge in [-0.2, -0.15) is 18.4 Å². The molecule has 0 amide bonds. The maximum atomic E-state index is 12.8. The Hall–Kier alpha value is -2.55. The maximum absolute atomic E-state index is 12.8. The number of esters is 1. The summed E-state index contributed by atoms with van der Waals surface area (Å²) in [4.78, 5) is 12.5. The van der Waals surface area contributed by atoms with Crippen LogP contribution >= 0.6 is 0 Å². The molecule has 162 valence electrons. The van der Waals surface area contributed by atoms with Crippen LogP contribution in [0.2, 0.25) is 0 Å². The van der Waals surface area contributed by atoms with Crippen LogP contribution in [-0.4, -0.2) is 12.6 Å². The highest BCUT2D eigenvalue weighted by molar-refractivity contribution is 5.95. The number of rotatable bonds is 8. The van der Waals surface area contributed by atoms with E-state index in [-0.39, 0.29) is 11.5 Å². The summed E-state index contributed by atoms with van der Waals surface area (Å²) in [5, 5.41) is 9.53. The first-order chi connectivity index (χ1) is 14.3. The Morgan fingerprint density at radius 1 is 1.20 bits per heavy atom. The average Bonchev–Trinajstić information content (AvgIpc) is 2.74. The van der Waals surface area contributed by atoms with Crippen LogP contribution in [0.3, 0.4) is 0 Å². The summed E-state index contributed by atoms with van der Waals surface area (Å²) in [6.07, 6.45) is 3.37. The summed E-state index contributed by atoms with van der Waals surface area (Å²) in [6, 6.07) is 6.93. The maximum Gasteiger partial charge on any atom is 0.416 e. The van der Waals surface area contributed by atoms with Crippen molar-refractivity contribution in [3.05, 3.63) is 52.6 Å². The molecule has 0 fully saturated rings. The van der Waals surface area contributed by atoms with Crippen molar-refractivity contribution in [2.24, 2.45) is 5.92 Å². The third-order valence-corrected chi connectivity index (χ3v) is 5.45. The van der Waals surface area contributed by atoms with Gasteiger partial charge in [0.1, 0.15) is 11.6 Å². The van der Waals surface area contributed by atoms with Gasteiger partial charge in [-0.25, -0.2) is 4.79 Å². The highest BCUT2D eigenvalue weighted by Crippen LogP contribution is 2.34. The molecule has 6 heteroatoms. The van der Waals surface area contributed by atoms with Gasteiger partial charge in [-0.05, 0) is 60.4 Å². The second-order valence-electron chi connectivity index (χ2n) is 7.63. The highest BCUT2D eigenvalue weighted by atomic mass is 19.4. The Balaban J connectivity index is 2.18. The van der Waals surface area contributed by atoms with E-state index in [4.69, 9.17) is 4.74 Å². The fraction of sp³-hybridized carbons (Fsp3) is 0.500. The quantitative estimate of drug-likeness (QED) is 0.263. The Kier molecular flexibility index (Phi) is 8.71. The zero-order valence-electron chi connectivity index (χ0n) is 17.5. The third kappa shape index (κ3) is 6.48. The molecule has 1 atom stereocenters. The number of unbranched alkanes of at least 4 members (excludes halogenated alkanes) is 1. The van der Waals surface area contributed by atoms with Crippen molar-refractivity contribution < 1.29 is 22.7 Å². The van der Waals surface area contributed by atoms with Crippen molar-refractivity contribution in [2.45, 2.75) is 65.0 Å². The van der Waals surface area contributed by atoms with E-state index in [1.54, 1.807) is 6.08 Å². The molecule has 0 N–H and O–H groups in total. The first kappa shape index (κ1) is 23.7. The lowest BCUT2D eigenvalue weighted by Crippen LogP contribution is -2.16. The van der Waals surface area contributed by atoms with Crippen LogP contribution < -0.4 is 0 Å². The number of allylic oxidation sites excluding steroid dienone is 3. The normalized spacial score (nSPS) is 17.0. The topological polar surface area (TPSA) is 50.1 Å². The molecule has 1 aromatic carbocycles. The fourth-order valence-electron chi connectivity index (χ4n) is 3.53. The fourth-order valence-corrected chi connectivity index (χ4v) is 3.53. The number of benzene rings is 1. The molecule has 1 aromatic rings. The van der Waals surface area contributed by atoms with Crippen LogP contribution in [0.15, 0.2) is 41.5 Å². The summed E-state index contributed by atoms with van der Waals surface area (Å²) in [5.74, 6) is -0.337. The number of nitrogens with zero attached hydrogens (tertiary/aromatic N) is 1. The molecule has 0 radical (unpaired) electrons. The van der Waals surface area contributed by atoms with Crippen LogP contribution in [-0.2, 0) is 15.7 Å². The number of carbonyl (C=O) groups is 1. The number of hydrogen-bond donors (Lipinski definition) is 0. The predicted octanol–water partition coefficient (Wildman–Crippen LogP) is 6.85. The molecule has 0 aromatic heterocycles. The van der Waals surface area contributed by atoms with Crippen LogP contribution in [0, 0.1) is 17.2 Å². The molecule has 1 aliphatic carbocycles. The van der Waals surface area contributed by atoms with E-state index in [9.17, 15) is 23.2 Å². The van der Waals surface area contributed by atoms with Crippen molar-refractivity contribution in [3.8, 4) is 6.07 Å². The second-order valence-corrected chi connectivity index (χ2v) is 7.63. The average molecular weight is 419 g/mol. The van der Waals surface area contributed by atoms with E-state index in [1.807, 2.05) is 6.07 Å². The van der Waals surface area contributed by atoms with Crippen molar-refractivity contribution in [3.63, 3.8) is 0 Å². The number of carbonyl (C=O) groups excluding carboxylic acids is 1. The van der Waals surface area contributed by atoms with Gasteiger partial charge in [0.2, 0.25) is 0 Å². The summed E-state index contributed by atoms with van der Waals surface area (Å²) < 4.78 is 43.8. The number of alkyl halides is 3. The summed E-state index contributed by atoms with van der Waals surface area (Å²) in [6.45, 7) is 4.46. The first-order valence-corrected chi connectivity index (χ1v) is 10.5. The van der Waals surface area contributed by atoms with E-state index >= 15 is 0 Å². The molecule has 30 heavy (non-hydrogen) atoms. The van der Waals surface area contributed by atoms with Gasteiger partial charge in [0.15, 0.2) is 0 Å². The Labute approximate surface area is 176 Å². The van der Waals surface area contributed by atoms with E-state index in [1.165, 1.54) is 12.1 Å². The van der Waals surface area contributed by atoms with Gasteiger partial charge in [0.25, 0.3) is 0 Å². The molecule has 0 spiro atoms. The number of nitriles is 1. The van der Waals surface area contributed by atoms with E-state index in [0.29, 0.717) is 37.0 Å². The van der Waals surface area contributed by atoms with Crippen molar-refractivity contribution in [1.29, 1.82) is 5.26 Å². The molecule has 0 heterocycles. The minimum absolute atomic E-state index is 0.00976. The molecule has 1 unspecified atom stereocenters. The van der Waals surface area contributed by atoms with Gasteiger partial charge in [0.05, 0.1) is 12.2 Å². The van der Waals surface area contributed by atoms with E-state index in [0.717, 1.165) is 43.4 Å². The molecule has 0 saturated carbocycles. The zero-order valence-corrected chi connectivity index (χ0v) is 17.5. The van der Waals surface area contributed by atoms with Crippen molar-refractivity contribution in [1.82, 2.24) is 0 Å². The second kappa shape index (κ2) is 11.0. The van der Waals surface area contributed by atoms with Crippen LogP contribution in [0.4, 0.5) is 13.2 Å². The van der Waals surface area contributed by atoms with Gasteiger partial charge < -0.3 is 4.74 Å². The molecule has 2 rings (SSSR count). The van der Waals surface area contributed by atoms with Crippen LogP contribution in [0.25, 0.3) is 5.57 Å². The number of ether oxygens (including phenoxy) is 1. The molecule has 0 bridgehead atoms. The monoisotopic (exact) mass is 419 g/mol. The predicted molar refractivity (Wildman–Crippen MR) is 110 cm³/mol. The zero-order chi connectivity index (χ0) is 22.1. The molecule has 0 aliphatic heterocycles. The summed E-state index contributed by atoms with van der Waals surface area (Å²) >= 11 is 0. The largest absolute Gasteiger partial charge is 0.461 e. The summed E-state index contributed by atoms with van der Waals surface area (Å²) in [5.41, 5.74) is 1.36. The minimum atomic E-state index is -4.38. The third-order valence-electron chi connectivity index (χ3n) is 5.45. The van der Waals surface area contributed by atoms with Gasteiger partial charge in [0, 0.05) is 0 Å². The van der Waals surface area contributed by atoms with Gasteiger partial charge >= 0.3 is 12.1 Å². The first-order valence-electron chi connectivity index (χ1n) is 10.5. The highest BCUT2D eigenvalue weighted by Gasteiger charge is 2.30. The molecular formula is C24H28F3NO2. The smallest absolute Gasteiger partial charge is 0.416 e. The summed E-state index contributed by atoms with van der Waals surface area (Å²) in [7, 11) is 0. The standard InChI is InChI=1S/C24H28F3NO2/c1-3-5-7-17(4-2)16-30-23(29)22(15-28)20-9-6-8-19(14-20)18-10-12-21(13-11-18)24(25,26)27/h10-14,17H,3-9,16H2,1-2H3/b22-20+.